The van der Waals surface area contributed by atoms with E-state index in [2.05, 4.69) is 41.5 Å². The van der Waals surface area contributed by atoms with Gasteiger partial charge in [-0.3, -0.25) is 0 Å². The van der Waals surface area contributed by atoms with E-state index >= 15 is 0 Å². The highest BCUT2D eigenvalue weighted by atomic mass is 28.4. The normalized spacial score (nSPS) is 16.0. The monoisotopic (exact) mass is 246 g/mol. The third kappa shape index (κ3) is 6.53. The number of rotatable bonds is 8. The smallest absolute Gasteiger partial charge is 0.165 e. The van der Waals surface area contributed by atoms with Crippen molar-refractivity contribution in [3.05, 3.63) is 0 Å². The molecule has 0 aliphatic heterocycles. The summed E-state index contributed by atoms with van der Waals surface area (Å²) in [6.45, 7) is 14.0. The summed E-state index contributed by atoms with van der Waals surface area (Å²) in [5, 5.41) is 0. The van der Waals surface area contributed by atoms with Crippen molar-refractivity contribution in [3.8, 4) is 0 Å². The first-order valence-corrected chi connectivity index (χ1v) is 10.6. The van der Waals surface area contributed by atoms with E-state index in [9.17, 15) is 0 Å². The Balaban J connectivity index is 4.19. The fourth-order valence-corrected chi connectivity index (χ4v) is 9.78. The minimum atomic E-state index is -0.891. The molecule has 0 amide bonds. The molecule has 1 nitrogen and oxygen atoms in total. The summed E-state index contributed by atoms with van der Waals surface area (Å²) < 4.78 is 6.53. The molecule has 0 rings (SSSR count). The fraction of sp³-hybridized carbons (Fsp3) is 1.00. The van der Waals surface area contributed by atoms with Crippen molar-refractivity contribution in [2.45, 2.75) is 77.6 Å². The van der Waals surface area contributed by atoms with Crippen molar-refractivity contribution in [2.75, 3.05) is 0 Å². The maximum Gasteiger partial charge on any atom is 0.165 e. The van der Waals surface area contributed by atoms with Gasteiger partial charge in [-0.1, -0.05) is 54.4 Å². The summed E-state index contributed by atoms with van der Waals surface area (Å²) in [5.74, 6) is 0. The Labute approximate surface area is 100 Å². The Morgan fingerprint density at radius 3 is 1.33 bits per heavy atom. The van der Waals surface area contributed by atoms with Crippen LogP contribution in [-0.2, 0) is 4.12 Å². The van der Waals surface area contributed by atoms with Gasteiger partial charge in [0.15, 0.2) is 18.1 Å². The minimum Gasteiger partial charge on any atom is -0.459 e. The van der Waals surface area contributed by atoms with Crippen LogP contribution in [0.15, 0.2) is 0 Å². The van der Waals surface area contributed by atoms with E-state index < -0.39 is 18.1 Å². The molecular weight excluding hydrogens is 216 g/mol. The molecule has 3 heteroatoms. The summed E-state index contributed by atoms with van der Waals surface area (Å²) in [6.07, 6.45) is 2.61. The first-order valence-electron chi connectivity index (χ1n) is 6.68. The molecule has 0 aliphatic carbocycles. The van der Waals surface area contributed by atoms with Gasteiger partial charge in [-0.2, -0.15) is 0 Å². The summed E-state index contributed by atoms with van der Waals surface area (Å²) >= 11 is 0. The van der Waals surface area contributed by atoms with Gasteiger partial charge in [0, 0.05) is 0 Å². The van der Waals surface area contributed by atoms with Crippen LogP contribution in [0.25, 0.3) is 0 Å². The van der Waals surface area contributed by atoms with Crippen LogP contribution in [0.2, 0.25) is 23.2 Å². The van der Waals surface area contributed by atoms with Crippen LogP contribution >= 0.6 is 0 Å². The van der Waals surface area contributed by atoms with Crippen molar-refractivity contribution in [1.29, 1.82) is 0 Å². The predicted molar refractivity (Wildman–Crippen MR) is 75.8 cm³/mol. The molecular formula is C12H30OSi2. The van der Waals surface area contributed by atoms with Crippen molar-refractivity contribution in [3.63, 3.8) is 0 Å². The topological polar surface area (TPSA) is 9.23 Å². The molecule has 0 aromatic rings. The van der Waals surface area contributed by atoms with Gasteiger partial charge < -0.3 is 4.12 Å². The standard InChI is InChI=1S/C12H30OSi2/c1-7-9-14(11(3)4)13-15(10-8-2)12(5)6/h11-12,14-15H,7-10H2,1-6H3. The molecule has 2 atom stereocenters. The van der Waals surface area contributed by atoms with Gasteiger partial charge in [-0.05, 0) is 23.2 Å². The summed E-state index contributed by atoms with van der Waals surface area (Å²) in [5.41, 5.74) is 1.63. The summed E-state index contributed by atoms with van der Waals surface area (Å²) in [6, 6.07) is 2.75. The second-order valence-corrected chi connectivity index (χ2v) is 12.3. The lowest BCUT2D eigenvalue weighted by atomic mass is 10.6. The first-order chi connectivity index (χ1) is 7.02. The highest BCUT2D eigenvalue weighted by molar-refractivity contribution is 6.67. The fourth-order valence-electron chi connectivity index (χ4n) is 1.91. The van der Waals surface area contributed by atoms with Gasteiger partial charge in [-0.15, -0.1) is 0 Å². The predicted octanol–water partition coefficient (Wildman–Crippen LogP) is 4.09. The summed E-state index contributed by atoms with van der Waals surface area (Å²) in [4.78, 5) is 0. The van der Waals surface area contributed by atoms with E-state index in [0.29, 0.717) is 0 Å². The first kappa shape index (κ1) is 15.4. The zero-order chi connectivity index (χ0) is 11.8. The van der Waals surface area contributed by atoms with Crippen molar-refractivity contribution < 1.29 is 4.12 Å². The number of hydrogen-bond acceptors (Lipinski definition) is 1. The average Bonchev–Trinajstić information content (AvgIpc) is 2.15. The molecule has 0 saturated heterocycles. The van der Waals surface area contributed by atoms with Crippen molar-refractivity contribution in [2.24, 2.45) is 0 Å². The second-order valence-electron chi connectivity index (χ2n) is 5.28. The SMILES string of the molecule is CCC[SiH](O[SiH](CCC)C(C)C)C(C)C. The molecule has 0 aromatic heterocycles. The maximum absolute atomic E-state index is 6.53. The van der Waals surface area contributed by atoms with E-state index in [4.69, 9.17) is 4.12 Å². The molecule has 0 bridgehead atoms. The minimum absolute atomic E-state index is 0.815. The molecule has 0 saturated carbocycles. The van der Waals surface area contributed by atoms with E-state index in [1.54, 1.807) is 0 Å². The lowest BCUT2D eigenvalue weighted by Gasteiger charge is -2.28. The van der Waals surface area contributed by atoms with Crippen molar-refractivity contribution in [1.82, 2.24) is 0 Å². The third-order valence-electron chi connectivity index (χ3n) is 2.98. The van der Waals surface area contributed by atoms with Gasteiger partial charge in [0.2, 0.25) is 0 Å². The van der Waals surface area contributed by atoms with Crippen LogP contribution in [0, 0.1) is 0 Å². The van der Waals surface area contributed by atoms with Gasteiger partial charge >= 0.3 is 0 Å². The Bertz CT molecular complexity index is 133. The quantitative estimate of drug-likeness (QED) is 0.586. The largest absolute Gasteiger partial charge is 0.459 e. The molecule has 0 fully saturated rings. The Hall–Kier alpha value is 0.394. The zero-order valence-electron chi connectivity index (χ0n) is 11.5. The average molecular weight is 247 g/mol. The molecule has 0 aromatic carbocycles. The summed E-state index contributed by atoms with van der Waals surface area (Å²) in [7, 11) is -1.78. The lowest BCUT2D eigenvalue weighted by Crippen LogP contribution is -2.33. The van der Waals surface area contributed by atoms with Gasteiger partial charge in [0.1, 0.15) is 0 Å². The molecule has 0 heterocycles. The van der Waals surface area contributed by atoms with E-state index in [0.717, 1.165) is 11.1 Å². The maximum atomic E-state index is 6.53. The van der Waals surface area contributed by atoms with Gasteiger partial charge in [-0.25, -0.2) is 0 Å². The molecule has 2 unspecified atom stereocenters. The van der Waals surface area contributed by atoms with Gasteiger partial charge in [0.25, 0.3) is 0 Å². The van der Waals surface area contributed by atoms with E-state index in [1.165, 1.54) is 24.9 Å². The molecule has 15 heavy (non-hydrogen) atoms. The Morgan fingerprint density at radius 2 is 1.13 bits per heavy atom. The molecule has 0 spiro atoms. The highest BCUT2D eigenvalue weighted by Crippen LogP contribution is 2.22. The van der Waals surface area contributed by atoms with Crippen LogP contribution in [0.4, 0.5) is 0 Å². The van der Waals surface area contributed by atoms with Crippen LogP contribution in [0.5, 0.6) is 0 Å². The molecule has 92 valence electrons. The van der Waals surface area contributed by atoms with Crippen LogP contribution in [-0.4, -0.2) is 18.1 Å². The van der Waals surface area contributed by atoms with Crippen LogP contribution < -0.4 is 0 Å². The van der Waals surface area contributed by atoms with Gasteiger partial charge in [0.05, 0.1) is 0 Å². The highest BCUT2D eigenvalue weighted by Gasteiger charge is 2.23. The molecule has 0 radical (unpaired) electrons. The lowest BCUT2D eigenvalue weighted by molar-refractivity contribution is 0.539. The van der Waals surface area contributed by atoms with Crippen molar-refractivity contribution >= 4 is 18.1 Å². The third-order valence-corrected chi connectivity index (χ3v) is 11.0. The Kier molecular flexibility index (Phi) is 8.76. The van der Waals surface area contributed by atoms with E-state index in [1.807, 2.05) is 0 Å². The second kappa shape index (κ2) is 8.53. The zero-order valence-corrected chi connectivity index (χ0v) is 13.9. The van der Waals surface area contributed by atoms with Crippen LogP contribution in [0.3, 0.4) is 0 Å². The Morgan fingerprint density at radius 1 is 0.800 bits per heavy atom. The molecule has 0 N–H and O–H groups in total. The van der Waals surface area contributed by atoms with Crippen LogP contribution in [0.1, 0.15) is 54.4 Å². The molecule has 0 aliphatic rings. The van der Waals surface area contributed by atoms with E-state index in [-0.39, 0.29) is 0 Å². The number of hydrogen-bond donors (Lipinski definition) is 0.